The molecule has 2 rings (SSSR count). The molecule has 1 amide bonds. The lowest BCUT2D eigenvalue weighted by Gasteiger charge is -2.26. The summed E-state index contributed by atoms with van der Waals surface area (Å²) in [5.74, 6) is -0.124. The fourth-order valence-corrected chi connectivity index (χ4v) is 2.46. The molecule has 7 nitrogen and oxygen atoms in total. The summed E-state index contributed by atoms with van der Waals surface area (Å²) in [6, 6.07) is 0. The van der Waals surface area contributed by atoms with Crippen molar-refractivity contribution in [1.29, 1.82) is 0 Å². The van der Waals surface area contributed by atoms with Crippen LogP contribution in [0.2, 0.25) is 0 Å². The van der Waals surface area contributed by atoms with E-state index in [2.05, 4.69) is 14.7 Å². The molecule has 0 aliphatic carbocycles. The highest BCUT2D eigenvalue weighted by Crippen LogP contribution is 2.15. The van der Waals surface area contributed by atoms with Crippen LogP contribution in [0.25, 0.3) is 0 Å². The van der Waals surface area contributed by atoms with E-state index >= 15 is 0 Å². The number of nitrogens with zero attached hydrogens (tertiary/aromatic N) is 2. The molecule has 2 aliphatic heterocycles. The first kappa shape index (κ1) is 11.8. The van der Waals surface area contributed by atoms with Gasteiger partial charge in [0.25, 0.3) is 15.9 Å². The van der Waals surface area contributed by atoms with Crippen molar-refractivity contribution in [2.45, 2.75) is 0 Å². The number of carbonyl (C=O) groups excluding carboxylic acids is 1. The summed E-state index contributed by atoms with van der Waals surface area (Å²) in [6.45, 7) is 0.287. The fourth-order valence-electron chi connectivity index (χ4n) is 1.49. The molecule has 2 aliphatic rings. The van der Waals surface area contributed by atoms with Crippen molar-refractivity contribution in [2.75, 3.05) is 19.4 Å². The molecule has 8 heteroatoms. The Balaban J connectivity index is 2.24. The minimum Gasteiger partial charge on any atom is -0.330 e. The van der Waals surface area contributed by atoms with Gasteiger partial charge in [0, 0.05) is 12.7 Å². The lowest BCUT2D eigenvalue weighted by atomic mass is 10.2. The first-order chi connectivity index (χ1) is 8.02. The second-order valence-electron chi connectivity index (χ2n) is 3.48. The Labute approximate surface area is 98.5 Å². The standard InChI is InChI=1S/C9H11N3O4S/c1-16-10-9(13)7-2-3-8-11-17(14,15)5-4-12(8)6-7/h2-3,6H,4-5H2,1H3,(H,10,13). The first-order valence-corrected chi connectivity index (χ1v) is 6.45. The van der Waals surface area contributed by atoms with E-state index in [1.165, 1.54) is 19.3 Å². The number of amides is 1. The monoisotopic (exact) mass is 257 g/mol. The highest BCUT2D eigenvalue weighted by atomic mass is 32.2. The molecule has 92 valence electrons. The summed E-state index contributed by atoms with van der Waals surface area (Å²) < 4.78 is 26.1. The Morgan fingerprint density at radius 2 is 2.29 bits per heavy atom. The van der Waals surface area contributed by atoms with Gasteiger partial charge in [0.1, 0.15) is 5.84 Å². The lowest BCUT2D eigenvalue weighted by Crippen LogP contribution is -2.37. The van der Waals surface area contributed by atoms with E-state index in [1.807, 2.05) is 0 Å². The highest BCUT2D eigenvalue weighted by Gasteiger charge is 2.24. The molecule has 0 spiro atoms. The van der Waals surface area contributed by atoms with Crippen molar-refractivity contribution in [3.05, 3.63) is 23.9 Å². The van der Waals surface area contributed by atoms with Crippen LogP contribution in [0.15, 0.2) is 28.3 Å². The van der Waals surface area contributed by atoms with Crippen LogP contribution >= 0.6 is 0 Å². The van der Waals surface area contributed by atoms with Gasteiger partial charge in [-0.15, -0.1) is 4.40 Å². The molecule has 17 heavy (non-hydrogen) atoms. The number of fused-ring (bicyclic) bond motifs is 1. The predicted molar refractivity (Wildman–Crippen MR) is 60.3 cm³/mol. The van der Waals surface area contributed by atoms with Crippen LogP contribution in [-0.4, -0.2) is 44.5 Å². The van der Waals surface area contributed by atoms with Crippen LogP contribution in [0.3, 0.4) is 0 Å². The Kier molecular flexibility index (Phi) is 2.99. The van der Waals surface area contributed by atoms with E-state index in [1.54, 1.807) is 11.1 Å². The van der Waals surface area contributed by atoms with Gasteiger partial charge in [-0.3, -0.25) is 9.63 Å². The molecular weight excluding hydrogens is 246 g/mol. The number of hydrogen-bond acceptors (Lipinski definition) is 5. The van der Waals surface area contributed by atoms with Gasteiger partial charge in [-0.1, -0.05) is 0 Å². The molecule has 0 atom stereocenters. The highest BCUT2D eigenvalue weighted by molar-refractivity contribution is 7.90. The second kappa shape index (κ2) is 4.30. The third-order valence-corrected chi connectivity index (χ3v) is 3.44. The second-order valence-corrected chi connectivity index (χ2v) is 5.24. The van der Waals surface area contributed by atoms with Gasteiger partial charge >= 0.3 is 0 Å². The van der Waals surface area contributed by atoms with Gasteiger partial charge in [0.15, 0.2) is 0 Å². The van der Waals surface area contributed by atoms with Crippen LogP contribution < -0.4 is 5.48 Å². The van der Waals surface area contributed by atoms with Gasteiger partial charge in [-0.25, -0.2) is 13.9 Å². The number of carbonyl (C=O) groups is 1. The molecule has 2 heterocycles. The van der Waals surface area contributed by atoms with Crippen LogP contribution in [0.1, 0.15) is 0 Å². The molecule has 0 unspecified atom stereocenters. The fraction of sp³-hybridized carbons (Fsp3) is 0.333. The smallest absolute Gasteiger partial charge is 0.276 e. The van der Waals surface area contributed by atoms with Gasteiger partial charge in [0.2, 0.25) is 0 Å². The Hall–Kier alpha value is -1.67. The molecule has 0 aromatic rings. The normalized spacial score (nSPS) is 21.4. The molecule has 0 bridgehead atoms. The Morgan fingerprint density at radius 3 is 3.00 bits per heavy atom. The van der Waals surface area contributed by atoms with Crippen LogP contribution in [0.4, 0.5) is 0 Å². The van der Waals surface area contributed by atoms with E-state index in [0.717, 1.165) is 0 Å². The molecule has 0 radical (unpaired) electrons. The Bertz CT molecular complexity index is 532. The van der Waals surface area contributed by atoms with Gasteiger partial charge in [-0.05, 0) is 12.2 Å². The zero-order valence-corrected chi connectivity index (χ0v) is 9.90. The first-order valence-electron chi connectivity index (χ1n) is 4.84. The number of sulfonamides is 1. The van der Waals surface area contributed by atoms with Crippen molar-refractivity contribution in [2.24, 2.45) is 4.40 Å². The van der Waals surface area contributed by atoms with E-state index < -0.39 is 15.9 Å². The third kappa shape index (κ3) is 2.53. The summed E-state index contributed by atoms with van der Waals surface area (Å²) in [7, 11) is -2.02. The van der Waals surface area contributed by atoms with Gasteiger partial charge in [0.05, 0.1) is 18.4 Å². The lowest BCUT2D eigenvalue weighted by molar-refractivity contribution is -0.127. The molecular formula is C9H11N3O4S. The number of hydroxylamine groups is 1. The largest absolute Gasteiger partial charge is 0.330 e. The number of hydrogen-bond donors (Lipinski definition) is 1. The van der Waals surface area contributed by atoms with Crippen LogP contribution in [-0.2, 0) is 19.7 Å². The summed E-state index contributed by atoms with van der Waals surface area (Å²) in [4.78, 5) is 17.6. The van der Waals surface area contributed by atoms with Crippen molar-refractivity contribution in [1.82, 2.24) is 10.4 Å². The topological polar surface area (TPSA) is 88.1 Å². The molecule has 0 fully saturated rings. The number of nitrogens with one attached hydrogen (secondary N) is 1. The van der Waals surface area contributed by atoms with E-state index in [-0.39, 0.29) is 12.3 Å². The zero-order chi connectivity index (χ0) is 12.5. The SMILES string of the molecule is CONC(=O)C1=CN2CCS(=O)(=O)N=C2C=C1. The van der Waals surface area contributed by atoms with E-state index in [4.69, 9.17) is 0 Å². The summed E-state index contributed by atoms with van der Waals surface area (Å²) in [5, 5.41) is 0. The van der Waals surface area contributed by atoms with Crippen LogP contribution in [0.5, 0.6) is 0 Å². The van der Waals surface area contributed by atoms with Crippen molar-refractivity contribution < 1.29 is 18.0 Å². The van der Waals surface area contributed by atoms with Gasteiger partial charge < -0.3 is 4.90 Å². The molecule has 0 aromatic carbocycles. The van der Waals surface area contributed by atoms with Gasteiger partial charge in [-0.2, -0.15) is 0 Å². The van der Waals surface area contributed by atoms with Crippen molar-refractivity contribution in [3.63, 3.8) is 0 Å². The summed E-state index contributed by atoms with van der Waals surface area (Å²) >= 11 is 0. The van der Waals surface area contributed by atoms with Crippen LogP contribution in [0, 0.1) is 0 Å². The maximum absolute atomic E-state index is 11.5. The zero-order valence-electron chi connectivity index (χ0n) is 9.08. The Morgan fingerprint density at radius 1 is 1.53 bits per heavy atom. The quantitative estimate of drug-likeness (QED) is 0.652. The summed E-state index contributed by atoms with van der Waals surface area (Å²) in [6.07, 6.45) is 4.52. The minimum absolute atomic E-state index is 0.0555. The third-order valence-electron chi connectivity index (χ3n) is 2.28. The molecule has 0 saturated carbocycles. The average molecular weight is 257 g/mol. The maximum Gasteiger partial charge on any atom is 0.276 e. The van der Waals surface area contributed by atoms with E-state index in [0.29, 0.717) is 11.4 Å². The van der Waals surface area contributed by atoms with Crippen molar-refractivity contribution in [3.8, 4) is 0 Å². The predicted octanol–water partition coefficient (Wildman–Crippen LogP) is -0.838. The molecule has 0 aromatic heterocycles. The summed E-state index contributed by atoms with van der Waals surface area (Å²) in [5.41, 5.74) is 2.56. The molecule has 1 N–H and O–H groups in total. The minimum atomic E-state index is -3.36. The van der Waals surface area contributed by atoms with E-state index in [9.17, 15) is 13.2 Å². The number of rotatable bonds is 2. The number of amidine groups is 1. The average Bonchev–Trinajstić information content (AvgIpc) is 2.27. The van der Waals surface area contributed by atoms with Crippen molar-refractivity contribution >= 4 is 21.8 Å². The maximum atomic E-state index is 11.5. The molecule has 0 saturated heterocycles.